The van der Waals surface area contributed by atoms with Crippen molar-refractivity contribution in [2.45, 2.75) is 5.92 Å². The van der Waals surface area contributed by atoms with Crippen LogP contribution in [-0.2, 0) is 0 Å². The first kappa shape index (κ1) is 15.6. The Morgan fingerprint density at radius 1 is 0.875 bits per heavy atom. The van der Waals surface area contributed by atoms with Gasteiger partial charge in [0.2, 0.25) is 0 Å². The third-order valence-electron chi connectivity index (χ3n) is 3.88. The van der Waals surface area contributed by atoms with E-state index in [1.165, 1.54) is 12.1 Å². The number of benzene rings is 3. The first-order chi connectivity index (χ1) is 11.7. The van der Waals surface area contributed by atoms with Crippen molar-refractivity contribution >= 4 is 5.78 Å². The van der Waals surface area contributed by atoms with E-state index in [0.29, 0.717) is 22.3 Å². The minimum absolute atomic E-state index is 0.131. The molecule has 0 saturated heterocycles. The molecule has 3 rings (SSSR count). The van der Waals surface area contributed by atoms with Gasteiger partial charge in [0, 0.05) is 11.1 Å². The van der Waals surface area contributed by atoms with Gasteiger partial charge in [0.15, 0.2) is 5.78 Å². The van der Waals surface area contributed by atoms with Crippen molar-refractivity contribution < 1.29 is 9.18 Å². The summed E-state index contributed by atoms with van der Waals surface area (Å²) < 4.78 is 13.1. The minimum atomic E-state index is -0.630. The van der Waals surface area contributed by atoms with Gasteiger partial charge in [-0.25, -0.2) is 4.39 Å². The van der Waals surface area contributed by atoms with Gasteiger partial charge in [-0.1, -0.05) is 66.7 Å². The number of halogens is 1. The van der Waals surface area contributed by atoms with E-state index in [1.54, 1.807) is 60.7 Å². The lowest BCUT2D eigenvalue weighted by Crippen LogP contribution is -2.09. The van der Waals surface area contributed by atoms with Crippen LogP contribution in [0.1, 0.15) is 33.0 Å². The number of carbonyl (C=O) groups is 1. The molecule has 0 amide bonds. The second kappa shape index (κ2) is 6.89. The summed E-state index contributed by atoms with van der Waals surface area (Å²) in [6, 6.07) is 24.0. The van der Waals surface area contributed by atoms with Gasteiger partial charge in [0.25, 0.3) is 0 Å². The zero-order chi connectivity index (χ0) is 16.9. The third-order valence-corrected chi connectivity index (χ3v) is 3.88. The largest absolute Gasteiger partial charge is 0.289 e. The fraction of sp³-hybridized carbons (Fsp3) is 0.0476. The molecule has 0 aromatic heterocycles. The van der Waals surface area contributed by atoms with Crippen molar-refractivity contribution in [1.29, 1.82) is 5.26 Å². The first-order valence-corrected chi connectivity index (χ1v) is 7.54. The number of carbonyl (C=O) groups excluding carboxylic acids is 1. The Morgan fingerprint density at radius 2 is 1.50 bits per heavy atom. The summed E-state index contributed by atoms with van der Waals surface area (Å²) in [5.41, 5.74) is 2.34. The zero-order valence-corrected chi connectivity index (χ0v) is 12.8. The van der Waals surface area contributed by atoms with E-state index in [9.17, 15) is 14.4 Å². The van der Waals surface area contributed by atoms with E-state index in [1.807, 2.05) is 6.07 Å². The lowest BCUT2D eigenvalue weighted by molar-refractivity contribution is 0.103. The molecule has 0 N–H and O–H groups in total. The average Bonchev–Trinajstić information content (AvgIpc) is 2.64. The van der Waals surface area contributed by atoms with E-state index >= 15 is 0 Å². The highest BCUT2D eigenvalue weighted by molar-refractivity contribution is 6.10. The van der Waals surface area contributed by atoms with Gasteiger partial charge in [-0.15, -0.1) is 0 Å². The van der Waals surface area contributed by atoms with Crippen LogP contribution in [0.25, 0.3) is 0 Å². The topological polar surface area (TPSA) is 40.9 Å². The highest BCUT2D eigenvalue weighted by atomic mass is 19.1. The molecule has 0 fully saturated rings. The molecule has 0 heterocycles. The van der Waals surface area contributed by atoms with Gasteiger partial charge in [-0.3, -0.25) is 4.79 Å². The van der Waals surface area contributed by atoms with Crippen LogP contribution in [0.3, 0.4) is 0 Å². The Balaban J connectivity index is 2.07. The van der Waals surface area contributed by atoms with E-state index in [-0.39, 0.29) is 11.6 Å². The van der Waals surface area contributed by atoms with Crippen LogP contribution in [0.15, 0.2) is 78.9 Å². The maximum atomic E-state index is 13.1. The predicted molar refractivity (Wildman–Crippen MR) is 90.2 cm³/mol. The van der Waals surface area contributed by atoms with Gasteiger partial charge in [-0.05, 0) is 23.3 Å². The third kappa shape index (κ3) is 3.09. The van der Waals surface area contributed by atoms with Crippen molar-refractivity contribution in [2.24, 2.45) is 0 Å². The highest BCUT2D eigenvalue weighted by Gasteiger charge is 2.21. The van der Waals surface area contributed by atoms with Gasteiger partial charge in [-0.2, -0.15) is 5.26 Å². The predicted octanol–water partition coefficient (Wildman–Crippen LogP) is 4.71. The van der Waals surface area contributed by atoms with Crippen molar-refractivity contribution in [1.82, 2.24) is 0 Å². The van der Waals surface area contributed by atoms with Crippen LogP contribution in [0.2, 0.25) is 0 Å². The maximum absolute atomic E-state index is 13.1. The summed E-state index contributed by atoms with van der Waals surface area (Å²) in [6.07, 6.45) is 0. The van der Waals surface area contributed by atoms with Crippen LogP contribution < -0.4 is 0 Å². The maximum Gasteiger partial charge on any atom is 0.193 e. The van der Waals surface area contributed by atoms with Gasteiger partial charge in [0.05, 0.1) is 12.0 Å². The molecule has 0 bridgehead atoms. The van der Waals surface area contributed by atoms with Crippen LogP contribution in [0.4, 0.5) is 4.39 Å². The lowest BCUT2D eigenvalue weighted by Gasteiger charge is -2.14. The second-order valence-corrected chi connectivity index (χ2v) is 5.40. The second-order valence-electron chi connectivity index (χ2n) is 5.40. The monoisotopic (exact) mass is 315 g/mol. The molecule has 0 aliphatic heterocycles. The molecule has 2 nitrogen and oxygen atoms in total. The highest BCUT2D eigenvalue weighted by Crippen LogP contribution is 2.28. The van der Waals surface area contributed by atoms with E-state index < -0.39 is 5.92 Å². The molecule has 0 spiro atoms. The summed E-state index contributed by atoms with van der Waals surface area (Å²) in [7, 11) is 0. The Kier molecular flexibility index (Phi) is 4.49. The number of hydrogen-bond acceptors (Lipinski definition) is 2. The fourth-order valence-electron chi connectivity index (χ4n) is 2.68. The molecule has 0 radical (unpaired) electrons. The number of nitriles is 1. The number of hydrogen-bond donors (Lipinski definition) is 0. The summed E-state index contributed by atoms with van der Waals surface area (Å²) >= 11 is 0. The quantitative estimate of drug-likeness (QED) is 0.654. The molecule has 3 heteroatoms. The molecule has 0 aliphatic rings. The Morgan fingerprint density at radius 3 is 2.17 bits per heavy atom. The van der Waals surface area contributed by atoms with E-state index in [4.69, 9.17) is 0 Å². The molecule has 0 unspecified atom stereocenters. The molecule has 3 aromatic rings. The van der Waals surface area contributed by atoms with Crippen LogP contribution in [-0.4, -0.2) is 5.78 Å². The molecule has 116 valence electrons. The Bertz CT molecular complexity index is 895. The van der Waals surface area contributed by atoms with E-state index in [2.05, 4.69) is 6.07 Å². The molecule has 1 atom stereocenters. The van der Waals surface area contributed by atoms with Crippen molar-refractivity contribution in [2.75, 3.05) is 0 Å². The van der Waals surface area contributed by atoms with Crippen molar-refractivity contribution in [3.05, 3.63) is 107 Å². The fourth-order valence-corrected chi connectivity index (χ4v) is 2.68. The SMILES string of the molecule is N#C[C@H](c1ccc(F)cc1)c1ccccc1C(=O)c1ccccc1. The molecular weight excluding hydrogens is 301 g/mol. The van der Waals surface area contributed by atoms with Gasteiger partial charge < -0.3 is 0 Å². The lowest BCUT2D eigenvalue weighted by atomic mass is 9.86. The average molecular weight is 315 g/mol. The molecular formula is C21H14FNO. The van der Waals surface area contributed by atoms with Crippen LogP contribution in [0.5, 0.6) is 0 Å². The Hall–Kier alpha value is -3.25. The number of rotatable bonds is 4. The summed E-state index contributed by atoms with van der Waals surface area (Å²) in [5.74, 6) is -1.12. The summed E-state index contributed by atoms with van der Waals surface area (Å²) in [4.78, 5) is 12.8. The van der Waals surface area contributed by atoms with Crippen LogP contribution >= 0.6 is 0 Å². The molecule has 3 aromatic carbocycles. The molecule has 0 aliphatic carbocycles. The summed E-state index contributed by atoms with van der Waals surface area (Å²) in [5, 5.41) is 9.62. The zero-order valence-electron chi connectivity index (χ0n) is 12.8. The van der Waals surface area contributed by atoms with Gasteiger partial charge >= 0.3 is 0 Å². The van der Waals surface area contributed by atoms with Crippen LogP contribution in [0, 0.1) is 17.1 Å². The smallest absolute Gasteiger partial charge is 0.193 e. The number of ketones is 1. The normalized spacial score (nSPS) is 11.5. The minimum Gasteiger partial charge on any atom is -0.289 e. The molecule has 24 heavy (non-hydrogen) atoms. The van der Waals surface area contributed by atoms with Crippen molar-refractivity contribution in [3.8, 4) is 6.07 Å². The van der Waals surface area contributed by atoms with Gasteiger partial charge in [0.1, 0.15) is 5.82 Å². The standard InChI is InChI=1S/C21H14FNO/c22-17-12-10-15(11-13-17)20(14-23)18-8-4-5-9-19(18)21(24)16-6-2-1-3-7-16/h1-13,20H/t20-/m1/s1. The first-order valence-electron chi connectivity index (χ1n) is 7.54. The van der Waals surface area contributed by atoms with E-state index in [0.717, 1.165) is 0 Å². The van der Waals surface area contributed by atoms with Crippen molar-refractivity contribution in [3.63, 3.8) is 0 Å². The Labute approximate surface area is 139 Å². The number of nitrogens with zero attached hydrogens (tertiary/aromatic N) is 1. The summed E-state index contributed by atoms with van der Waals surface area (Å²) in [6.45, 7) is 0. The molecule has 0 saturated carbocycles.